The van der Waals surface area contributed by atoms with Crippen molar-refractivity contribution in [3.8, 4) is 0 Å². The summed E-state index contributed by atoms with van der Waals surface area (Å²) < 4.78 is 0. The molecular formula is C23H34N6O3. The highest BCUT2D eigenvalue weighted by Gasteiger charge is 2.36. The van der Waals surface area contributed by atoms with Gasteiger partial charge in [0, 0.05) is 23.8 Å². The Morgan fingerprint density at radius 3 is 2.72 bits per heavy atom. The van der Waals surface area contributed by atoms with Gasteiger partial charge in [-0.2, -0.15) is 0 Å². The molecule has 174 valence electrons. The molecule has 0 spiro atoms. The molecule has 1 unspecified atom stereocenters. The van der Waals surface area contributed by atoms with Crippen molar-refractivity contribution in [2.45, 2.75) is 71.4 Å². The van der Waals surface area contributed by atoms with E-state index in [1.54, 1.807) is 17.9 Å². The van der Waals surface area contributed by atoms with E-state index in [1.807, 2.05) is 0 Å². The molecule has 5 N–H and O–H groups in total. The number of rotatable bonds is 7. The van der Waals surface area contributed by atoms with Crippen molar-refractivity contribution in [1.29, 1.82) is 5.41 Å². The highest BCUT2D eigenvalue weighted by Crippen LogP contribution is 2.35. The van der Waals surface area contributed by atoms with Crippen molar-refractivity contribution in [3.05, 3.63) is 23.5 Å². The zero-order chi connectivity index (χ0) is 23.5. The van der Waals surface area contributed by atoms with Gasteiger partial charge in [-0.05, 0) is 50.5 Å². The average Bonchev–Trinajstić information content (AvgIpc) is 3.21. The third-order valence-corrected chi connectivity index (χ3v) is 6.41. The van der Waals surface area contributed by atoms with Crippen LogP contribution >= 0.6 is 0 Å². The molecule has 9 heteroatoms. The minimum atomic E-state index is -0.854. The normalized spacial score (nSPS) is 22.3. The summed E-state index contributed by atoms with van der Waals surface area (Å²) in [5.74, 6) is -1.14. The predicted octanol–water partition coefficient (Wildman–Crippen LogP) is 1.73. The molecule has 9 nitrogen and oxygen atoms in total. The Labute approximate surface area is 189 Å². The molecular weight excluding hydrogens is 408 g/mol. The molecule has 2 atom stereocenters. The number of carbonyl (C=O) groups excluding carboxylic acids is 3. The monoisotopic (exact) mass is 442 g/mol. The number of likely N-dealkylation sites (tertiary alicyclic amines) is 1. The number of nitrogens with zero attached hydrogens (tertiary/aromatic N) is 2. The van der Waals surface area contributed by atoms with Gasteiger partial charge in [0.25, 0.3) is 5.91 Å². The van der Waals surface area contributed by atoms with E-state index >= 15 is 0 Å². The van der Waals surface area contributed by atoms with Gasteiger partial charge in [-0.25, -0.2) is 0 Å². The van der Waals surface area contributed by atoms with E-state index in [-0.39, 0.29) is 35.5 Å². The Morgan fingerprint density at radius 2 is 2.03 bits per heavy atom. The number of hydrogen-bond acceptors (Lipinski definition) is 6. The lowest BCUT2D eigenvalue weighted by atomic mass is 9.75. The second-order valence-corrected chi connectivity index (χ2v) is 9.68. The van der Waals surface area contributed by atoms with Gasteiger partial charge >= 0.3 is 0 Å². The summed E-state index contributed by atoms with van der Waals surface area (Å²) in [4.78, 5) is 43.1. The molecule has 1 aliphatic heterocycles. The minimum Gasteiger partial charge on any atom is -0.374 e. The highest BCUT2D eigenvalue weighted by atomic mass is 16.2. The smallest absolute Gasteiger partial charge is 0.267 e. The van der Waals surface area contributed by atoms with Crippen molar-refractivity contribution < 1.29 is 14.4 Å². The van der Waals surface area contributed by atoms with E-state index in [9.17, 15) is 14.4 Å². The highest BCUT2D eigenvalue weighted by molar-refractivity contribution is 6.44. The topological polar surface area (TPSA) is 141 Å². The summed E-state index contributed by atoms with van der Waals surface area (Å²) in [6.45, 7) is 6.67. The summed E-state index contributed by atoms with van der Waals surface area (Å²) in [6, 6.07) is 1.27. The Balaban J connectivity index is 1.62. The van der Waals surface area contributed by atoms with Crippen LogP contribution in [0.2, 0.25) is 0 Å². The van der Waals surface area contributed by atoms with Gasteiger partial charge in [0.15, 0.2) is 0 Å². The van der Waals surface area contributed by atoms with Gasteiger partial charge in [0.2, 0.25) is 11.8 Å². The largest absolute Gasteiger partial charge is 0.374 e. The maximum absolute atomic E-state index is 13.0. The zero-order valence-corrected chi connectivity index (χ0v) is 19.2. The van der Waals surface area contributed by atoms with Crippen LogP contribution in [0.4, 0.5) is 5.69 Å². The van der Waals surface area contributed by atoms with E-state index in [0.29, 0.717) is 29.9 Å². The number of primary amides is 1. The Bertz CT molecular complexity index is 913. The van der Waals surface area contributed by atoms with Crippen LogP contribution in [0.25, 0.3) is 0 Å². The average molecular weight is 443 g/mol. The molecule has 1 aromatic rings. The quantitative estimate of drug-likeness (QED) is 0.476. The minimum absolute atomic E-state index is 0.0655. The van der Waals surface area contributed by atoms with Crippen LogP contribution < -0.4 is 16.4 Å². The van der Waals surface area contributed by atoms with E-state index in [1.165, 1.54) is 12.6 Å². The second kappa shape index (κ2) is 9.67. The Hall–Kier alpha value is -2.97. The lowest BCUT2D eigenvalue weighted by Gasteiger charge is -2.36. The van der Waals surface area contributed by atoms with Crippen LogP contribution in [0, 0.1) is 17.7 Å². The van der Waals surface area contributed by atoms with Gasteiger partial charge in [-0.3, -0.25) is 24.8 Å². The fraction of sp³-hybridized carbons (Fsp3) is 0.609. The van der Waals surface area contributed by atoms with Crippen LogP contribution in [0.1, 0.15) is 63.6 Å². The third-order valence-electron chi connectivity index (χ3n) is 6.41. The maximum Gasteiger partial charge on any atom is 0.267 e. The molecule has 2 heterocycles. The van der Waals surface area contributed by atoms with Crippen molar-refractivity contribution in [2.75, 3.05) is 18.4 Å². The molecule has 32 heavy (non-hydrogen) atoms. The van der Waals surface area contributed by atoms with Crippen LogP contribution in [-0.4, -0.2) is 58.5 Å². The van der Waals surface area contributed by atoms with E-state index < -0.39 is 11.9 Å². The first-order chi connectivity index (χ1) is 15.1. The molecule has 1 saturated carbocycles. The first kappa shape index (κ1) is 23.7. The molecule has 2 aliphatic rings. The number of carbonyl (C=O) groups is 3. The van der Waals surface area contributed by atoms with Crippen LogP contribution in [0.5, 0.6) is 0 Å². The molecule has 3 amide bonds. The van der Waals surface area contributed by atoms with E-state index in [4.69, 9.17) is 11.1 Å². The third kappa shape index (κ3) is 5.63. The lowest BCUT2D eigenvalue weighted by molar-refractivity contribution is -0.137. The standard InChI is InChI=1S/C23H34N6O3/c1-14-10-16(20(24)21(25)31)17(12-26-14)27-13-19(30)29-9-5-7-18(29)22(32)28-15-6-4-8-23(2,3)11-15/h10,12,15,18,24,27H,4-9,11,13H2,1-3H3,(H2,25,31)(H,28,32)/t15?,18-/m0/s1. The Morgan fingerprint density at radius 1 is 1.28 bits per heavy atom. The molecule has 0 bridgehead atoms. The molecule has 1 saturated heterocycles. The second-order valence-electron chi connectivity index (χ2n) is 9.68. The number of aromatic nitrogens is 1. The van der Waals surface area contributed by atoms with Gasteiger partial charge in [0.1, 0.15) is 11.8 Å². The number of hydrogen-bond donors (Lipinski definition) is 4. The van der Waals surface area contributed by atoms with Crippen LogP contribution in [0.15, 0.2) is 12.3 Å². The van der Waals surface area contributed by atoms with E-state index in [0.717, 1.165) is 25.7 Å². The summed E-state index contributed by atoms with van der Waals surface area (Å²) in [7, 11) is 0. The maximum atomic E-state index is 13.0. The summed E-state index contributed by atoms with van der Waals surface area (Å²) in [5, 5.41) is 14.1. The number of nitrogens with one attached hydrogen (secondary N) is 3. The number of aryl methyl sites for hydroxylation is 1. The molecule has 1 aliphatic carbocycles. The van der Waals surface area contributed by atoms with E-state index in [2.05, 4.69) is 29.5 Å². The first-order valence-electron chi connectivity index (χ1n) is 11.3. The van der Waals surface area contributed by atoms with Crippen molar-refractivity contribution in [2.24, 2.45) is 11.1 Å². The van der Waals surface area contributed by atoms with Crippen molar-refractivity contribution >= 4 is 29.1 Å². The van der Waals surface area contributed by atoms with Crippen molar-refractivity contribution in [3.63, 3.8) is 0 Å². The fourth-order valence-corrected chi connectivity index (χ4v) is 4.77. The molecule has 2 fully saturated rings. The molecule has 0 radical (unpaired) electrons. The number of pyridine rings is 1. The van der Waals surface area contributed by atoms with Gasteiger partial charge in [0.05, 0.1) is 18.4 Å². The summed E-state index contributed by atoms with van der Waals surface area (Å²) in [6.07, 6.45) is 7.11. The summed E-state index contributed by atoms with van der Waals surface area (Å²) in [5.41, 5.74) is 6.45. The lowest BCUT2D eigenvalue weighted by Crippen LogP contribution is -2.51. The fourth-order valence-electron chi connectivity index (χ4n) is 4.77. The van der Waals surface area contributed by atoms with Gasteiger partial charge < -0.3 is 21.3 Å². The summed E-state index contributed by atoms with van der Waals surface area (Å²) >= 11 is 0. The molecule has 1 aromatic heterocycles. The van der Waals surface area contributed by atoms with Gasteiger partial charge in [-0.1, -0.05) is 20.3 Å². The molecule has 0 aromatic carbocycles. The number of nitrogens with two attached hydrogens (primary N) is 1. The van der Waals surface area contributed by atoms with Gasteiger partial charge in [-0.15, -0.1) is 0 Å². The zero-order valence-electron chi connectivity index (χ0n) is 19.2. The number of amides is 3. The predicted molar refractivity (Wildman–Crippen MR) is 122 cm³/mol. The van der Waals surface area contributed by atoms with Crippen LogP contribution in [0.3, 0.4) is 0 Å². The Kier molecular flexibility index (Phi) is 7.16. The number of anilines is 1. The van der Waals surface area contributed by atoms with Crippen molar-refractivity contribution in [1.82, 2.24) is 15.2 Å². The van der Waals surface area contributed by atoms with Crippen LogP contribution in [-0.2, 0) is 14.4 Å². The SMILES string of the molecule is Cc1cc(C(=N)C(N)=O)c(NCC(=O)N2CCC[C@H]2C(=O)NC2CCCC(C)(C)C2)cn1. The first-order valence-corrected chi connectivity index (χ1v) is 11.3. The molecule has 3 rings (SSSR count).